The quantitative estimate of drug-likeness (QED) is 0.829. The fourth-order valence-electron chi connectivity index (χ4n) is 3.13. The van der Waals surface area contributed by atoms with Gasteiger partial charge in [-0.15, -0.1) is 12.4 Å². The van der Waals surface area contributed by atoms with Gasteiger partial charge in [-0.3, -0.25) is 0 Å². The van der Waals surface area contributed by atoms with Crippen LogP contribution in [0.4, 0.5) is 0 Å². The Kier molecular flexibility index (Phi) is 6.93. The molecule has 2 aromatic rings. The zero-order valence-corrected chi connectivity index (χ0v) is 17.0. The predicted octanol–water partition coefficient (Wildman–Crippen LogP) is 3.41. The number of hydrogen-bond donors (Lipinski definition) is 1. The SMILES string of the molecule is COc1ccccc1C1CNCCN1S(=O)(=O)c1cccc(C)c1Cl.Cl. The summed E-state index contributed by atoms with van der Waals surface area (Å²) in [7, 11) is -2.14. The molecule has 0 amide bonds. The van der Waals surface area contributed by atoms with Gasteiger partial charge >= 0.3 is 0 Å². The van der Waals surface area contributed by atoms with Crippen molar-refractivity contribution in [2.75, 3.05) is 26.7 Å². The third kappa shape index (κ3) is 3.85. The second-order valence-corrected chi connectivity index (χ2v) is 8.20. The number of halogens is 2. The van der Waals surface area contributed by atoms with Crippen LogP contribution in [0.25, 0.3) is 0 Å². The lowest BCUT2D eigenvalue weighted by Gasteiger charge is -2.36. The van der Waals surface area contributed by atoms with E-state index in [1.54, 1.807) is 32.2 Å². The van der Waals surface area contributed by atoms with Crippen LogP contribution in [-0.2, 0) is 10.0 Å². The highest BCUT2D eigenvalue weighted by molar-refractivity contribution is 7.89. The number of ether oxygens (including phenoxy) is 1. The Morgan fingerprint density at radius 1 is 1.19 bits per heavy atom. The van der Waals surface area contributed by atoms with Gasteiger partial charge in [-0.1, -0.05) is 41.9 Å². The van der Waals surface area contributed by atoms with E-state index in [0.717, 1.165) is 11.1 Å². The van der Waals surface area contributed by atoms with Crippen LogP contribution >= 0.6 is 24.0 Å². The normalized spacial score (nSPS) is 18.2. The van der Waals surface area contributed by atoms with Crippen LogP contribution < -0.4 is 10.1 Å². The highest BCUT2D eigenvalue weighted by Gasteiger charge is 2.36. The smallest absolute Gasteiger partial charge is 0.245 e. The second kappa shape index (κ2) is 8.59. The molecule has 1 N–H and O–H groups in total. The van der Waals surface area contributed by atoms with Gasteiger partial charge in [0.2, 0.25) is 10.0 Å². The van der Waals surface area contributed by atoms with Gasteiger partial charge < -0.3 is 10.1 Å². The second-order valence-electron chi connectivity index (χ2n) is 5.96. The number of benzene rings is 2. The molecular weight excluding hydrogens is 395 g/mol. The lowest BCUT2D eigenvalue weighted by Crippen LogP contribution is -2.48. The first-order valence-electron chi connectivity index (χ1n) is 8.07. The van der Waals surface area contributed by atoms with Crippen LogP contribution in [0.5, 0.6) is 5.75 Å². The van der Waals surface area contributed by atoms with Crippen LogP contribution in [-0.4, -0.2) is 39.5 Å². The molecule has 2 aromatic carbocycles. The maximum atomic E-state index is 13.3. The molecule has 1 unspecified atom stereocenters. The Hall–Kier alpha value is -1.31. The van der Waals surface area contributed by atoms with Crippen LogP contribution in [0.2, 0.25) is 5.02 Å². The minimum absolute atomic E-state index is 0. The van der Waals surface area contributed by atoms with Crippen molar-refractivity contribution in [3.8, 4) is 5.75 Å². The van der Waals surface area contributed by atoms with E-state index in [1.165, 1.54) is 4.31 Å². The molecule has 0 aromatic heterocycles. The van der Waals surface area contributed by atoms with E-state index in [2.05, 4.69) is 5.32 Å². The summed E-state index contributed by atoms with van der Waals surface area (Å²) in [6.45, 7) is 3.28. The summed E-state index contributed by atoms with van der Waals surface area (Å²) in [6.07, 6.45) is 0. The molecule has 0 spiro atoms. The average molecular weight is 417 g/mol. The van der Waals surface area contributed by atoms with E-state index in [0.29, 0.717) is 25.4 Å². The van der Waals surface area contributed by atoms with E-state index in [-0.39, 0.29) is 28.4 Å². The first-order chi connectivity index (χ1) is 12.0. The Balaban J connectivity index is 0.00000243. The topological polar surface area (TPSA) is 58.6 Å². The summed E-state index contributed by atoms with van der Waals surface area (Å²) in [5.74, 6) is 0.673. The molecule has 8 heteroatoms. The average Bonchev–Trinajstić information content (AvgIpc) is 2.63. The monoisotopic (exact) mass is 416 g/mol. The minimum atomic E-state index is -3.73. The van der Waals surface area contributed by atoms with Crippen molar-refractivity contribution in [1.82, 2.24) is 9.62 Å². The Morgan fingerprint density at radius 2 is 1.92 bits per heavy atom. The first kappa shape index (κ1) is 21.0. The summed E-state index contributed by atoms with van der Waals surface area (Å²) in [6, 6.07) is 12.2. The summed E-state index contributed by atoms with van der Waals surface area (Å²) in [5, 5.41) is 3.55. The summed E-state index contributed by atoms with van der Waals surface area (Å²) < 4.78 is 33.6. The van der Waals surface area contributed by atoms with Crippen molar-refractivity contribution in [3.63, 3.8) is 0 Å². The third-order valence-electron chi connectivity index (χ3n) is 4.44. The number of sulfonamides is 1. The molecule has 5 nitrogen and oxygen atoms in total. The first-order valence-corrected chi connectivity index (χ1v) is 9.89. The molecule has 142 valence electrons. The van der Waals surface area contributed by atoms with Gasteiger partial charge in [-0.2, -0.15) is 4.31 Å². The third-order valence-corrected chi connectivity index (χ3v) is 7.00. The van der Waals surface area contributed by atoms with E-state index in [9.17, 15) is 8.42 Å². The van der Waals surface area contributed by atoms with Crippen molar-refractivity contribution in [3.05, 3.63) is 58.6 Å². The lowest BCUT2D eigenvalue weighted by molar-refractivity contribution is 0.264. The number of para-hydroxylation sites is 1. The number of methoxy groups -OCH3 is 1. The van der Waals surface area contributed by atoms with Crippen molar-refractivity contribution >= 4 is 34.0 Å². The molecule has 1 heterocycles. The van der Waals surface area contributed by atoms with Gasteiger partial charge in [0.15, 0.2) is 0 Å². The van der Waals surface area contributed by atoms with Gasteiger partial charge in [0.05, 0.1) is 18.2 Å². The van der Waals surface area contributed by atoms with Gasteiger partial charge in [0.25, 0.3) is 0 Å². The zero-order chi connectivity index (χ0) is 18.0. The largest absolute Gasteiger partial charge is 0.496 e. The van der Waals surface area contributed by atoms with Crippen LogP contribution in [0, 0.1) is 6.92 Å². The Bertz CT molecular complexity index is 874. The number of piperazine rings is 1. The van der Waals surface area contributed by atoms with Crippen molar-refractivity contribution in [2.24, 2.45) is 0 Å². The molecule has 1 aliphatic heterocycles. The van der Waals surface area contributed by atoms with Gasteiger partial charge in [-0.25, -0.2) is 8.42 Å². The Morgan fingerprint density at radius 3 is 2.65 bits per heavy atom. The van der Waals surface area contributed by atoms with E-state index in [4.69, 9.17) is 16.3 Å². The summed E-state index contributed by atoms with van der Waals surface area (Å²) in [5.41, 5.74) is 1.58. The highest BCUT2D eigenvalue weighted by Crippen LogP contribution is 2.36. The number of nitrogens with zero attached hydrogens (tertiary/aromatic N) is 1. The molecule has 0 saturated carbocycles. The van der Waals surface area contributed by atoms with E-state index in [1.807, 2.05) is 24.3 Å². The number of nitrogens with one attached hydrogen (secondary N) is 1. The summed E-state index contributed by atoms with van der Waals surface area (Å²) >= 11 is 6.30. The van der Waals surface area contributed by atoms with E-state index < -0.39 is 10.0 Å². The van der Waals surface area contributed by atoms with Crippen LogP contribution in [0.15, 0.2) is 47.4 Å². The zero-order valence-electron chi connectivity index (χ0n) is 14.6. The molecule has 1 atom stereocenters. The molecule has 0 radical (unpaired) electrons. The standard InChI is InChI=1S/C18H21ClN2O3S.ClH/c1-13-6-5-9-17(18(13)19)25(22,23)21-11-10-20-12-15(21)14-7-3-4-8-16(14)24-2;/h3-9,15,20H,10-12H2,1-2H3;1H. The molecule has 3 rings (SSSR count). The van der Waals surface area contributed by atoms with Crippen LogP contribution in [0.1, 0.15) is 17.2 Å². The number of rotatable bonds is 4. The Labute approximate surface area is 165 Å². The van der Waals surface area contributed by atoms with Gasteiger partial charge in [-0.05, 0) is 24.6 Å². The van der Waals surface area contributed by atoms with Crippen molar-refractivity contribution in [2.45, 2.75) is 17.9 Å². The molecule has 26 heavy (non-hydrogen) atoms. The number of aryl methyl sites for hydroxylation is 1. The maximum Gasteiger partial charge on any atom is 0.245 e. The predicted molar refractivity (Wildman–Crippen MR) is 106 cm³/mol. The molecule has 1 saturated heterocycles. The molecular formula is C18H22Cl2N2O3S. The van der Waals surface area contributed by atoms with Crippen molar-refractivity contribution in [1.29, 1.82) is 0 Å². The van der Waals surface area contributed by atoms with Gasteiger partial charge in [0.1, 0.15) is 10.6 Å². The summed E-state index contributed by atoms with van der Waals surface area (Å²) in [4.78, 5) is 0.149. The maximum absolute atomic E-state index is 13.3. The minimum Gasteiger partial charge on any atom is -0.496 e. The van der Waals surface area contributed by atoms with Crippen LogP contribution in [0.3, 0.4) is 0 Å². The molecule has 0 bridgehead atoms. The van der Waals surface area contributed by atoms with E-state index >= 15 is 0 Å². The van der Waals surface area contributed by atoms with Crippen molar-refractivity contribution < 1.29 is 13.2 Å². The lowest BCUT2D eigenvalue weighted by atomic mass is 10.0. The highest BCUT2D eigenvalue weighted by atomic mass is 35.5. The molecule has 1 aliphatic rings. The fraction of sp³-hybridized carbons (Fsp3) is 0.333. The van der Waals surface area contributed by atoms with Gasteiger partial charge in [0, 0.05) is 25.2 Å². The number of hydrogen-bond acceptors (Lipinski definition) is 4. The molecule has 1 fully saturated rings. The fourth-order valence-corrected chi connectivity index (χ4v) is 5.29. The molecule has 0 aliphatic carbocycles.